The highest BCUT2D eigenvalue weighted by molar-refractivity contribution is 6.39. The Morgan fingerprint density at radius 3 is 2.22 bits per heavy atom. The predicted octanol–water partition coefficient (Wildman–Crippen LogP) is 6.94. The van der Waals surface area contributed by atoms with Gasteiger partial charge in [0.1, 0.15) is 28.7 Å². The smallest absolute Gasteiger partial charge is 0.491 e. The van der Waals surface area contributed by atoms with Gasteiger partial charge in [-0.15, -0.1) is 23.4 Å². The van der Waals surface area contributed by atoms with Gasteiger partial charge in [0.05, 0.1) is 22.0 Å². The van der Waals surface area contributed by atoms with Crippen molar-refractivity contribution in [3.05, 3.63) is 71.8 Å². The number of halogens is 4. The summed E-state index contributed by atoms with van der Waals surface area (Å²) in [5.41, 5.74) is 1.93. The summed E-state index contributed by atoms with van der Waals surface area (Å²) in [6.45, 7) is 3.89. The molecule has 0 aliphatic rings. The first kappa shape index (κ1) is 24.4. The summed E-state index contributed by atoms with van der Waals surface area (Å²) >= 11 is 6.88. The van der Waals surface area contributed by atoms with Gasteiger partial charge < -0.3 is 18.8 Å². The Labute approximate surface area is 213 Å². The first-order valence-corrected chi connectivity index (χ1v) is 11.4. The molecule has 0 fully saturated rings. The molecule has 2 heterocycles. The zero-order valence-corrected chi connectivity index (χ0v) is 20.2. The lowest BCUT2D eigenvalue weighted by atomic mass is 10.2. The molecule has 5 aromatic rings. The lowest BCUT2D eigenvalue weighted by Crippen LogP contribution is -2.16. The van der Waals surface area contributed by atoms with Crippen molar-refractivity contribution in [3.8, 4) is 40.2 Å². The normalized spacial score (nSPS) is 11.8. The number of rotatable bonds is 7. The average Bonchev–Trinajstić information content (AvgIpc) is 3.46. The number of benzene rings is 3. The van der Waals surface area contributed by atoms with Gasteiger partial charge in [0.15, 0.2) is 0 Å². The van der Waals surface area contributed by atoms with Gasteiger partial charge in [0, 0.05) is 5.69 Å². The van der Waals surface area contributed by atoms with Gasteiger partial charge in [-0.3, -0.25) is 0 Å². The number of aromatic amines is 1. The number of nitrogens with one attached hydrogen (secondary N) is 1. The zero-order chi connectivity index (χ0) is 26.2. The zero-order valence-electron chi connectivity index (χ0n) is 19.5. The number of alkyl halides is 3. The van der Waals surface area contributed by atoms with Crippen LogP contribution in [-0.4, -0.2) is 37.7 Å². The number of aromatic nitrogens is 5. The molecule has 37 heavy (non-hydrogen) atoms. The van der Waals surface area contributed by atoms with E-state index in [4.69, 9.17) is 21.1 Å². The van der Waals surface area contributed by atoms with E-state index in [9.17, 15) is 13.2 Å². The third kappa shape index (κ3) is 5.17. The Morgan fingerprint density at radius 2 is 1.59 bits per heavy atom. The van der Waals surface area contributed by atoms with Crippen LogP contribution in [-0.2, 0) is 0 Å². The van der Waals surface area contributed by atoms with E-state index in [1.54, 1.807) is 12.1 Å². The fraction of sp³-hybridized carbons (Fsp3) is 0.160. The van der Waals surface area contributed by atoms with Crippen molar-refractivity contribution >= 4 is 22.5 Å². The van der Waals surface area contributed by atoms with Crippen LogP contribution in [0.2, 0.25) is 5.02 Å². The molecule has 0 unspecified atom stereocenters. The van der Waals surface area contributed by atoms with Crippen molar-refractivity contribution in [2.75, 3.05) is 0 Å². The van der Waals surface area contributed by atoms with Crippen LogP contribution in [0.25, 0.3) is 28.1 Å². The van der Waals surface area contributed by atoms with E-state index < -0.39 is 6.36 Å². The first-order valence-electron chi connectivity index (χ1n) is 11.1. The minimum absolute atomic E-state index is 0.0244. The van der Waals surface area contributed by atoms with Gasteiger partial charge in [0.2, 0.25) is 5.82 Å². The lowest BCUT2D eigenvalue weighted by Gasteiger charge is -2.13. The molecule has 0 atom stereocenters. The molecular weight excluding hydrogens is 511 g/mol. The maximum absolute atomic E-state index is 12.5. The minimum atomic E-state index is -4.78. The van der Waals surface area contributed by atoms with E-state index in [2.05, 4.69) is 25.4 Å². The summed E-state index contributed by atoms with van der Waals surface area (Å²) in [4.78, 5) is 0. The Morgan fingerprint density at radius 1 is 0.919 bits per heavy atom. The highest BCUT2D eigenvalue weighted by Gasteiger charge is 2.31. The van der Waals surface area contributed by atoms with Crippen molar-refractivity contribution in [1.82, 2.24) is 25.2 Å². The topological polar surface area (TPSA) is 87.1 Å². The van der Waals surface area contributed by atoms with Crippen LogP contribution < -0.4 is 14.2 Å². The van der Waals surface area contributed by atoms with E-state index in [0.717, 1.165) is 5.69 Å². The van der Waals surface area contributed by atoms with Crippen molar-refractivity contribution < 1.29 is 27.4 Å². The Balaban J connectivity index is 1.59. The van der Waals surface area contributed by atoms with Gasteiger partial charge in [-0.1, -0.05) is 17.7 Å². The monoisotopic (exact) mass is 529 g/mol. The molecule has 8 nitrogen and oxygen atoms in total. The highest BCUT2D eigenvalue weighted by Crippen LogP contribution is 2.44. The number of nitrogens with zero attached hydrogens (tertiary/aromatic N) is 4. The van der Waals surface area contributed by atoms with Gasteiger partial charge in [-0.25, -0.2) is 0 Å². The van der Waals surface area contributed by atoms with Crippen molar-refractivity contribution in [2.24, 2.45) is 0 Å². The first-order chi connectivity index (χ1) is 17.7. The number of hydrogen-bond donors (Lipinski definition) is 1. The van der Waals surface area contributed by atoms with Crippen LogP contribution in [0.3, 0.4) is 0 Å². The number of tetrazole rings is 1. The number of H-pyrrole nitrogens is 1. The van der Waals surface area contributed by atoms with Crippen LogP contribution in [0.4, 0.5) is 13.2 Å². The maximum Gasteiger partial charge on any atom is 0.573 e. The minimum Gasteiger partial charge on any atom is -0.491 e. The molecule has 190 valence electrons. The summed E-state index contributed by atoms with van der Waals surface area (Å²) < 4.78 is 55.0. The molecule has 0 spiro atoms. The molecule has 0 bridgehead atoms. The second-order valence-corrected chi connectivity index (χ2v) is 8.54. The SMILES string of the molecule is CC(C)Oc1ccc(-n2c(-c3nn[nH]n3)c(Cl)c3c(Oc4ccc(OC(F)(F)F)cc4)cccc32)cc1. The summed E-state index contributed by atoms with van der Waals surface area (Å²) in [5.74, 6) is 1.30. The third-order valence-electron chi connectivity index (χ3n) is 5.21. The van der Waals surface area contributed by atoms with Gasteiger partial charge in [0.25, 0.3) is 0 Å². The lowest BCUT2D eigenvalue weighted by molar-refractivity contribution is -0.274. The van der Waals surface area contributed by atoms with Gasteiger partial charge >= 0.3 is 6.36 Å². The standard InChI is InChI=1S/C25H19ClF3N5O3/c1-14(2)35-16-8-6-15(7-9-16)34-19-4-3-5-20(21(19)22(26)23(34)24-30-32-33-31-24)36-17-10-12-18(13-11-17)37-25(27,28)29/h3-14H,1-2H3,(H,30,31,32,33). The van der Waals surface area contributed by atoms with E-state index >= 15 is 0 Å². The van der Waals surface area contributed by atoms with Gasteiger partial charge in [-0.2, -0.15) is 5.21 Å². The molecule has 0 saturated carbocycles. The second-order valence-electron chi connectivity index (χ2n) is 8.17. The average molecular weight is 530 g/mol. The summed E-state index contributed by atoms with van der Waals surface area (Å²) in [5, 5.41) is 15.2. The molecule has 2 aromatic heterocycles. The summed E-state index contributed by atoms with van der Waals surface area (Å²) in [6.07, 6.45) is -4.76. The Kier molecular flexibility index (Phi) is 6.38. The van der Waals surface area contributed by atoms with Crippen LogP contribution >= 0.6 is 11.6 Å². The van der Waals surface area contributed by atoms with Gasteiger partial charge in [-0.05, 0) is 79.7 Å². The van der Waals surface area contributed by atoms with E-state index in [1.165, 1.54) is 24.3 Å². The van der Waals surface area contributed by atoms with Crippen LogP contribution in [0.1, 0.15) is 13.8 Å². The van der Waals surface area contributed by atoms with Crippen LogP contribution in [0.15, 0.2) is 66.7 Å². The molecular formula is C25H19ClF3N5O3. The molecule has 0 aliphatic heterocycles. The fourth-order valence-electron chi connectivity index (χ4n) is 3.86. The molecule has 3 aromatic carbocycles. The maximum atomic E-state index is 12.5. The van der Waals surface area contributed by atoms with E-state index in [-0.39, 0.29) is 17.7 Å². The van der Waals surface area contributed by atoms with E-state index in [0.29, 0.717) is 38.9 Å². The van der Waals surface area contributed by atoms with Crippen molar-refractivity contribution in [2.45, 2.75) is 26.3 Å². The van der Waals surface area contributed by atoms with Crippen LogP contribution in [0, 0.1) is 0 Å². The number of fused-ring (bicyclic) bond motifs is 1. The Hall–Kier alpha value is -4.25. The molecule has 0 amide bonds. The number of ether oxygens (including phenoxy) is 3. The molecule has 0 radical (unpaired) electrons. The largest absolute Gasteiger partial charge is 0.573 e. The van der Waals surface area contributed by atoms with E-state index in [1.807, 2.05) is 48.7 Å². The second kappa shape index (κ2) is 9.66. The Bertz CT molecular complexity index is 1520. The summed E-state index contributed by atoms with van der Waals surface area (Å²) in [6, 6.07) is 17.9. The molecule has 5 rings (SSSR count). The molecule has 0 aliphatic carbocycles. The highest BCUT2D eigenvalue weighted by atomic mass is 35.5. The fourth-order valence-corrected chi connectivity index (χ4v) is 4.22. The molecule has 12 heteroatoms. The predicted molar refractivity (Wildman–Crippen MR) is 130 cm³/mol. The number of hydrogen-bond acceptors (Lipinski definition) is 6. The molecule has 0 saturated heterocycles. The summed E-state index contributed by atoms with van der Waals surface area (Å²) in [7, 11) is 0. The van der Waals surface area contributed by atoms with Crippen LogP contribution in [0.5, 0.6) is 23.0 Å². The third-order valence-corrected chi connectivity index (χ3v) is 5.57. The quantitative estimate of drug-likeness (QED) is 0.246. The molecule has 1 N–H and O–H groups in total. The van der Waals surface area contributed by atoms with Crippen molar-refractivity contribution in [1.29, 1.82) is 0 Å². The van der Waals surface area contributed by atoms with Crippen molar-refractivity contribution in [3.63, 3.8) is 0 Å².